The van der Waals surface area contributed by atoms with Crippen molar-refractivity contribution in [3.05, 3.63) is 47.1 Å². The van der Waals surface area contributed by atoms with Crippen LogP contribution in [0.25, 0.3) is 5.57 Å². The zero-order valence-corrected chi connectivity index (χ0v) is 12.9. The molecular weight excluding hydrogens is 248 g/mol. The molecule has 1 aromatic rings. The highest BCUT2D eigenvalue weighted by molar-refractivity contribution is 5.91. The second kappa shape index (κ2) is 5.28. The molecule has 0 aromatic heterocycles. The van der Waals surface area contributed by atoms with E-state index in [-0.39, 0.29) is 11.2 Å². The molecule has 0 aliphatic carbocycles. The molecule has 0 radical (unpaired) electrons. The molecule has 0 bridgehead atoms. The quantitative estimate of drug-likeness (QED) is 0.751. The number of carbonyl (C=O) groups excluding carboxylic acids is 1. The standard InChI is InChI=1S/C18H22O2/c1-12-8-16-15(7-6-14(3)19)10-18(4,5)11-20-17(16)9-13(12)2/h6-10H,11H2,1-5H3. The van der Waals surface area contributed by atoms with Gasteiger partial charge < -0.3 is 4.74 Å². The summed E-state index contributed by atoms with van der Waals surface area (Å²) in [5.41, 5.74) is 4.52. The Balaban J connectivity index is 2.58. The fourth-order valence-electron chi connectivity index (χ4n) is 2.28. The van der Waals surface area contributed by atoms with E-state index in [4.69, 9.17) is 4.74 Å². The lowest BCUT2D eigenvalue weighted by Crippen LogP contribution is -2.17. The topological polar surface area (TPSA) is 26.3 Å². The van der Waals surface area contributed by atoms with Gasteiger partial charge in [-0.05, 0) is 55.7 Å². The zero-order chi connectivity index (χ0) is 14.9. The van der Waals surface area contributed by atoms with Gasteiger partial charge in [0.2, 0.25) is 0 Å². The van der Waals surface area contributed by atoms with Crippen LogP contribution in [0.3, 0.4) is 0 Å². The predicted molar refractivity (Wildman–Crippen MR) is 83.0 cm³/mol. The summed E-state index contributed by atoms with van der Waals surface area (Å²) in [6, 6.07) is 4.23. The van der Waals surface area contributed by atoms with Gasteiger partial charge in [-0.1, -0.05) is 26.0 Å². The Morgan fingerprint density at radius 2 is 1.90 bits per heavy atom. The Morgan fingerprint density at radius 1 is 1.25 bits per heavy atom. The molecule has 0 saturated heterocycles. The second-order valence-corrected chi connectivity index (χ2v) is 6.25. The van der Waals surface area contributed by atoms with E-state index < -0.39 is 0 Å². The second-order valence-electron chi connectivity index (χ2n) is 6.25. The van der Waals surface area contributed by atoms with Gasteiger partial charge in [-0.25, -0.2) is 0 Å². The zero-order valence-electron chi connectivity index (χ0n) is 12.9. The van der Waals surface area contributed by atoms with E-state index in [9.17, 15) is 4.79 Å². The lowest BCUT2D eigenvalue weighted by Gasteiger charge is -2.18. The van der Waals surface area contributed by atoms with Gasteiger partial charge >= 0.3 is 0 Å². The van der Waals surface area contributed by atoms with Crippen LogP contribution in [0.1, 0.15) is 37.5 Å². The fraction of sp³-hybridized carbons (Fsp3) is 0.389. The minimum absolute atomic E-state index is 0.0549. The Kier molecular flexibility index (Phi) is 3.85. The van der Waals surface area contributed by atoms with Gasteiger partial charge in [0.15, 0.2) is 5.78 Å². The van der Waals surface area contributed by atoms with Gasteiger partial charge in [0.1, 0.15) is 5.75 Å². The number of carbonyl (C=O) groups is 1. The number of ketones is 1. The average Bonchev–Trinajstić information content (AvgIpc) is 2.46. The minimum Gasteiger partial charge on any atom is -0.492 e. The molecule has 0 fully saturated rings. The molecule has 0 spiro atoms. The Bertz CT molecular complexity index is 604. The van der Waals surface area contributed by atoms with Crippen LogP contribution in [0.5, 0.6) is 5.75 Å². The van der Waals surface area contributed by atoms with Gasteiger partial charge in [-0.15, -0.1) is 0 Å². The lowest BCUT2D eigenvalue weighted by molar-refractivity contribution is -0.112. The summed E-state index contributed by atoms with van der Waals surface area (Å²) in [4.78, 5) is 11.2. The van der Waals surface area contributed by atoms with Crippen molar-refractivity contribution in [2.45, 2.75) is 34.6 Å². The van der Waals surface area contributed by atoms with Crippen molar-refractivity contribution in [2.75, 3.05) is 6.61 Å². The fourth-order valence-corrected chi connectivity index (χ4v) is 2.28. The molecule has 1 aromatic carbocycles. The Morgan fingerprint density at radius 3 is 2.55 bits per heavy atom. The third kappa shape index (κ3) is 3.19. The van der Waals surface area contributed by atoms with E-state index in [2.05, 4.69) is 45.9 Å². The molecule has 2 nitrogen and oxygen atoms in total. The number of fused-ring (bicyclic) bond motifs is 1. The average molecular weight is 270 g/mol. The van der Waals surface area contributed by atoms with E-state index >= 15 is 0 Å². The number of rotatable bonds is 2. The minimum atomic E-state index is -0.0582. The van der Waals surface area contributed by atoms with Gasteiger partial charge in [0.25, 0.3) is 0 Å². The van der Waals surface area contributed by atoms with Crippen LogP contribution in [0.15, 0.2) is 30.4 Å². The summed E-state index contributed by atoms with van der Waals surface area (Å²) < 4.78 is 5.97. The van der Waals surface area contributed by atoms with E-state index in [1.165, 1.54) is 11.1 Å². The number of hydrogen-bond acceptors (Lipinski definition) is 2. The molecule has 2 rings (SSSR count). The van der Waals surface area contributed by atoms with Crippen LogP contribution in [0.4, 0.5) is 0 Å². The summed E-state index contributed by atoms with van der Waals surface area (Å²) in [6.07, 6.45) is 5.70. The molecule has 1 aliphatic heterocycles. The Labute approximate surface area is 121 Å². The molecule has 106 valence electrons. The van der Waals surface area contributed by atoms with Gasteiger partial charge in [0.05, 0.1) is 6.61 Å². The van der Waals surface area contributed by atoms with Crippen LogP contribution in [0, 0.1) is 19.3 Å². The molecular formula is C18H22O2. The summed E-state index contributed by atoms with van der Waals surface area (Å²) in [7, 11) is 0. The number of hydrogen-bond donors (Lipinski definition) is 0. The van der Waals surface area contributed by atoms with Gasteiger partial charge in [-0.2, -0.15) is 0 Å². The summed E-state index contributed by atoms with van der Waals surface area (Å²) in [5, 5.41) is 0. The molecule has 0 N–H and O–H groups in total. The summed E-state index contributed by atoms with van der Waals surface area (Å²) in [5.74, 6) is 0.956. The highest BCUT2D eigenvalue weighted by Crippen LogP contribution is 2.37. The van der Waals surface area contributed by atoms with E-state index in [1.54, 1.807) is 13.0 Å². The van der Waals surface area contributed by atoms with Crippen molar-refractivity contribution in [2.24, 2.45) is 5.41 Å². The highest BCUT2D eigenvalue weighted by atomic mass is 16.5. The van der Waals surface area contributed by atoms with Crippen molar-refractivity contribution in [3.8, 4) is 5.75 Å². The molecule has 2 heteroatoms. The summed E-state index contributed by atoms with van der Waals surface area (Å²) in [6.45, 7) is 10.7. The third-order valence-electron chi connectivity index (χ3n) is 3.55. The number of ether oxygens (including phenoxy) is 1. The van der Waals surface area contributed by atoms with Crippen LogP contribution < -0.4 is 4.74 Å². The van der Waals surface area contributed by atoms with E-state index in [1.807, 2.05) is 6.08 Å². The largest absolute Gasteiger partial charge is 0.492 e. The van der Waals surface area contributed by atoms with Crippen molar-refractivity contribution in [1.82, 2.24) is 0 Å². The first-order chi connectivity index (χ1) is 9.28. The van der Waals surface area contributed by atoms with Crippen molar-refractivity contribution in [1.29, 1.82) is 0 Å². The molecule has 0 atom stereocenters. The van der Waals surface area contributed by atoms with E-state index in [0.717, 1.165) is 16.9 Å². The molecule has 0 amide bonds. The number of benzene rings is 1. The highest BCUT2D eigenvalue weighted by Gasteiger charge is 2.23. The maximum absolute atomic E-state index is 11.2. The first kappa shape index (κ1) is 14.6. The van der Waals surface area contributed by atoms with Crippen LogP contribution in [-0.2, 0) is 4.79 Å². The summed E-state index contributed by atoms with van der Waals surface area (Å²) >= 11 is 0. The molecule has 1 aliphatic rings. The molecule has 1 heterocycles. The van der Waals surface area contributed by atoms with Gasteiger partial charge in [0, 0.05) is 11.0 Å². The number of aryl methyl sites for hydroxylation is 2. The van der Waals surface area contributed by atoms with E-state index in [0.29, 0.717) is 6.61 Å². The third-order valence-corrected chi connectivity index (χ3v) is 3.55. The van der Waals surface area contributed by atoms with Gasteiger partial charge in [-0.3, -0.25) is 4.79 Å². The maximum Gasteiger partial charge on any atom is 0.152 e. The molecule has 20 heavy (non-hydrogen) atoms. The molecule has 0 unspecified atom stereocenters. The smallest absolute Gasteiger partial charge is 0.152 e. The van der Waals surface area contributed by atoms with Crippen molar-refractivity contribution in [3.63, 3.8) is 0 Å². The van der Waals surface area contributed by atoms with Crippen LogP contribution in [0.2, 0.25) is 0 Å². The monoisotopic (exact) mass is 270 g/mol. The van der Waals surface area contributed by atoms with Crippen molar-refractivity contribution < 1.29 is 9.53 Å². The number of allylic oxidation sites excluding steroid dienone is 3. The molecule has 0 saturated carbocycles. The maximum atomic E-state index is 11.2. The predicted octanol–water partition coefficient (Wildman–Crippen LogP) is 4.25. The lowest BCUT2D eigenvalue weighted by atomic mass is 9.89. The normalized spacial score (nSPS) is 17.1. The Hall–Kier alpha value is -1.83. The first-order valence-corrected chi connectivity index (χ1v) is 6.94. The SMILES string of the molecule is CC(=O)C=CC1=CC(C)(C)COc2cc(C)c(C)cc21. The van der Waals surface area contributed by atoms with Crippen LogP contribution in [-0.4, -0.2) is 12.4 Å². The van der Waals surface area contributed by atoms with Crippen molar-refractivity contribution >= 4 is 11.4 Å². The van der Waals surface area contributed by atoms with Crippen LogP contribution >= 0.6 is 0 Å². The first-order valence-electron chi connectivity index (χ1n) is 6.94.